The molecule has 2 aliphatic carbocycles. The summed E-state index contributed by atoms with van der Waals surface area (Å²) in [4.78, 5) is 0. The number of aryl methyl sites for hydroxylation is 1. The van der Waals surface area contributed by atoms with Crippen molar-refractivity contribution in [1.29, 1.82) is 0 Å². The van der Waals surface area contributed by atoms with Gasteiger partial charge in [-0.15, -0.1) is 0 Å². The standard InChI is InChI=1S/C12H14O/c1-7-9-6-5-8-3-2-4-10(11(8)9)12(7)13/h2-4,7,9,12-13H,5-6H2,1H3. The maximum atomic E-state index is 9.98. The van der Waals surface area contributed by atoms with Crippen LogP contribution in [0.3, 0.4) is 0 Å². The minimum atomic E-state index is -0.208. The molecule has 0 amide bonds. The second-order valence-corrected chi connectivity index (χ2v) is 4.37. The van der Waals surface area contributed by atoms with Crippen molar-refractivity contribution in [3.05, 3.63) is 34.9 Å². The predicted molar refractivity (Wildman–Crippen MR) is 51.6 cm³/mol. The molecule has 0 bridgehead atoms. The van der Waals surface area contributed by atoms with Crippen LogP contribution in [0.15, 0.2) is 18.2 Å². The molecule has 0 fully saturated rings. The lowest BCUT2D eigenvalue weighted by Gasteiger charge is -2.14. The first-order valence-corrected chi connectivity index (χ1v) is 5.09. The molecule has 1 aromatic carbocycles. The first kappa shape index (κ1) is 7.57. The Bertz CT molecular complexity index is 356. The van der Waals surface area contributed by atoms with Crippen molar-refractivity contribution in [2.24, 2.45) is 5.92 Å². The summed E-state index contributed by atoms with van der Waals surface area (Å²) < 4.78 is 0. The maximum absolute atomic E-state index is 9.98. The third-order valence-electron chi connectivity index (χ3n) is 3.78. The summed E-state index contributed by atoms with van der Waals surface area (Å²) in [5, 5.41) is 9.98. The highest BCUT2D eigenvalue weighted by molar-refractivity contribution is 5.47. The smallest absolute Gasteiger partial charge is 0.0824 e. The van der Waals surface area contributed by atoms with E-state index in [4.69, 9.17) is 0 Å². The molecule has 0 aromatic heterocycles. The lowest BCUT2D eigenvalue weighted by molar-refractivity contribution is 0.119. The normalized spacial score (nSPS) is 35.1. The Morgan fingerprint density at radius 2 is 2.23 bits per heavy atom. The molecule has 1 aromatic rings. The molecular formula is C12H14O. The molecule has 3 rings (SSSR count). The lowest BCUT2D eigenvalue weighted by atomic mass is 9.94. The van der Waals surface area contributed by atoms with Gasteiger partial charge in [0.25, 0.3) is 0 Å². The molecule has 68 valence electrons. The Hall–Kier alpha value is -0.820. The number of aliphatic hydroxyl groups is 1. The van der Waals surface area contributed by atoms with Gasteiger partial charge in [-0.2, -0.15) is 0 Å². The molecule has 0 saturated heterocycles. The summed E-state index contributed by atoms with van der Waals surface area (Å²) in [6, 6.07) is 6.38. The first-order valence-electron chi connectivity index (χ1n) is 5.09. The van der Waals surface area contributed by atoms with E-state index in [1.807, 2.05) is 0 Å². The van der Waals surface area contributed by atoms with E-state index < -0.39 is 0 Å². The molecule has 1 N–H and O–H groups in total. The Morgan fingerprint density at radius 1 is 1.38 bits per heavy atom. The summed E-state index contributed by atoms with van der Waals surface area (Å²) in [5.41, 5.74) is 4.15. The van der Waals surface area contributed by atoms with Crippen molar-refractivity contribution >= 4 is 0 Å². The van der Waals surface area contributed by atoms with Gasteiger partial charge in [0.1, 0.15) is 0 Å². The molecule has 1 heteroatoms. The molecule has 0 aliphatic heterocycles. The third-order valence-corrected chi connectivity index (χ3v) is 3.78. The quantitative estimate of drug-likeness (QED) is 0.640. The topological polar surface area (TPSA) is 20.2 Å². The van der Waals surface area contributed by atoms with Crippen LogP contribution < -0.4 is 0 Å². The zero-order chi connectivity index (χ0) is 9.00. The number of hydrogen-bond donors (Lipinski definition) is 1. The van der Waals surface area contributed by atoms with Gasteiger partial charge in [0.2, 0.25) is 0 Å². The Labute approximate surface area is 78.4 Å². The van der Waals surface area contributed by atoms with Gasteiger partial charge in [-0.05, 0) is 41.4 Å². The van der Waals surface area contributed by atoms with Crippen LogP contribution in [-0.2, 0) is 6.42 Å². The molecule has 0 spiro atoms. The number of hydrogen-bond acceptors (Lipinski definition) is 1. The summed E-state index contributed by atoms with van der Waals surface area (Å²) in [7, 11) is 0. The lowest BCUT2D eigenvalue weighted by Crippen LogP contribution is -2.06. The van der Waals surface area contributed by atoms with Crippen LogP contribution >= 0.6 is 0 Å². The van der Waals surface area contributed by atoms with Gasteiger partial charge in [0.15, 0.2) is 0 Å². The highest BCUT2D eigenvalue weighted by atomic mass is 16.3. The van der Waals surface area contributed by atoms with E-state index in [1.165, 1.54) is 29.5 Å². The average molecular weight is 174 g/mol. The minimum absolute atomic E-state index is 0.208. The summed E-state index contributed by atoms with van der Waals surface area (Å²) in [6.45, 7) is 2.17. The zero-order valence-corrected chi connectivity index (χ0v) is 7.83. The van der Waals surface area contributed by atoms with Crippen molar-refractivity contribution in [1.82, 2.24) is 0 Å². The van der Waals surface area contributed by atoms with Crippen molar-refractivity contribution in [3.8, 4) is 0 Å². The Morgan fingerprint density at radius 3 is 3.08 bits per heavy atom. The fraction of sp³-hybridized carbons (Fsp3) is 0.500. The molecule has 3 atom stereocenters. The molecular weight excluding hydrogens is 160 g/mol. The van der Waals surface area contributed by atoms with Crippen LogP contribution in [0.4, 0.5) is 0 Å². The average Bonchev–Trinajstić information content (AvgIpc) is 2.67. The maximum Gasteiger partial charge on any atom is 0.0824 e. The van der Waals surface area contributed by atoms with Gasteiger partial charge in [-0.25, -0.2) is 0 Å². The van der Waals surface area contributed by atoms with Crippen LogP contribution in [-0.4, -0.2) is 5.11 Å². The summed E-state index contributed by atoms with van der Waals surface area (Å²) >= 11 is 0. The number of rotatable bonds is 0. The van der Waals surface area contributed by atoms with Crippen molar-refractivity contribution in [2.75, 3.05) is 0 Å². The van der Waals surface area contributed by atoms with Crippen LogP contribution in [0.5, 0.6) is 0 Å². The van der Waals surface area contributed by atoms with Crippen LogP contribution in [0.25, 0.3) is 0 Å². The van der Waals surface area contributed by atoms with Gasteiger partial charge in [0.05, 0.1) is 6.10 Å². The molecule has 2 aliphatic rings. The Balaban J connectivity index is 2.26. The number of aliphatic hydroxyl groups excluding tert-OH is 1. The molecule has 3 unspecified atom stereocenters. The summed E-state index contributed by atoms with van der Waals surface area (Å²) in [6.07, 6.45) is 2.25. The van der Waals surface area contributed by atoms with E-state index in [9.17, 15) is 5.11 Å². The summed E-state index contributed by atoms with van der Waals surface area (Å²) in [5.74, 6) is 1.07. The van der Waals surface area contributed by atoms with Gasteiger partial charge < -0.3 is 5.11 Å². The molecule has 0 radical (unpaired) electrons. The molecule has 0 heterocycles. The third kappa shape index (κ3) is 0.806. The van der Waals surface area contributed by atoms with Crippen LogP contribution in [0.2, 0.25) is 0 Å². The second-order valence-electron chi connectivity index (χ2n) is 4.37. The zero-order valence-electron chi connectivity index (χ0n) is 7.83. The van der Waals surface area contributed by atoms with Crippen LogP contribution in [0.1, 0.15) is 42.1 Å². The highest BCUT2D eigenvalue weighted by Gasteiger charge is 2.40. The van der Waals surface area contributed by atoms with E-state index in [0.29, 0.717) is 11.8 Å². The van der Waals surface area contributed by atoms with Crippen molar-refractivity contribution < 1.29 is 5.11 Å². The fourth-order valence-electron chi connectivity index (χ4n) is 3.05. The predicted octanol–water partition coefficient (Wildman–Crippen LogP) is 2.40. The van der Waals surface area contributed by atoms with E-state index in [-0.39, 0.29) is 6.10 Å². The van der Waals surface area contributed by atoms with E-state index >= 15 is 0 Å². The van der Waals surface area contributed by atoms with Gasteiger partial charge in [0, 0.05) is 0 Å². The van der Waals surface area contributed by atoms with E-state index in [2.05, 4.69) is 25.1 Å². The molecule has 0 saturated carbocycles. The largest absolute Gasteiger partial charge is 0.388 e. The van der Waals surface area contributed by atoms with Gasteiger partial charge >= 0.3 is 0 Å². The van der Waals surface area contributed by atoms with Crippen LogP contribution in [0, 0.1) is 5.92 Å². The Kier molecular flexibility index (Phi) is 1.37. The fourth-order valence-corrected chi connectivity index (χ4v) is 3.05. The van der Waals surface area contributed by atoms with Gasteiger partial charge in [-0.1, -0.05) is 25.1 Å². The van der Waals surface area contributed by atoms with E-state index in [1.54, 1.807) is 0 Å². The first-order chi connectivity index (χ1) is 6.29. The number of benzene rings is 1. The highest BCUT2D eigenvalue weighted by Crippen LogP contribution is 2.51. The van der Waals surface area contributed by atoms with E-state index in [0.717, 1.165) is 0 Å². The van der Waals surface area contributed by atoms with Crippen molar-refractivity contribution in [3.63, 3.8) is 0 Å². The van der Waals surface area contributed by atoms with Crippen molar-refractivity contribution in [2.45, 2.75) is 31.8 Å². The molecule has 13 heavy (non-hydrogen) atoms. The minimum Gasteiger partial charge on any atom is -0.388 e. The molecule has 1 nitrogen and oxygen atoms in total. The SMILES string of the molecule is CC1C(O)c2cccc3c2C1CC3. The monoisotopic (exact) mass is 174 g/mol. The van der Waals surface area contributed by atoms with Gasteiger partial charge in [-0.3, -0.25) is 0 Å². The second kappa shape index (κ2) is 2.36.